The number of nitrogens with zero attached hydrogens (tertiary/aromatic N) is 1. The zero-order chi connectivity index (χ0) is 13.1. The van der Waals surface area contributed by atoms with Gasteiger partial charge in [0.15, 0.2) is 0 Å². The first kappa shape index (κ1) is 13.3. The van der Waals surface area contributed by atoms with Crippen LogP contribution in [-0.4, -0.2) is 29.1 Å². The molecule has 1 heterocycles. The minimum Gasteiger partial charge on any atom is -0.478 e. The van der Waals surface area contributed by atoms with Gasteiger partial charge in [0, 0.05) is 28.4 Å². The normalized spacial score (nSPS) is 17.5. The molecule has 3 nitrogen and oxygen atoms in total. The molecule has 2 rings (SSSR count). The topological polar surface area (TPSA) is 40.5 Å². The summed E-state index contributed by atoms with van der Waals surface area (Å²) < 4.78 is 0. The Morgan fingerprint density at radius 3 is 2.94 bits per heavy atom. The second-order valence-electron chi connectivity index (χ2n) is 4.97. The van der Waals surface area contributed by atoms with Gasteiger partial charge in [0.25, 0.3) is 0 Å². The van der Waals surface area contributed by atoms with Gasteiger partial charge >= 0.3 is 5.97 Å². The van der Waals surface area contributed by atoms with Crippen LogP contribution in [-0.2, 0) is 11.3 Å². The summed E-state index contributed by atoms with van der Waals surface area (Å²) >= 11 is 1.66. The summed E-state index contributed by atoms with van der Waals surface area (Å²) in [6.07, 6.45) is 5.57. The van der Waals surface area contributed by atoms with Crippen molar-refractivity contribution < 1.29 is 9.90 Å². The molecule has 0 aliphatic heterocycles. The Bertz CT molecular complexity index is 448. The largest absolute Gasteiger partial charge is 0.478 e. The molecule has 0 amide bonds. The lowest BCUT2D eigenvalue weighted by Gasteiger charge is -2.23. The molecular weight excluding hydrogens is 246 g/mol. The second-order valence-corrected chi connectivity index (χ2v) is 6.17. The second kappa shape index (κ2) is 5.67. The van der Waals surface area contributed by atoms with Gasteiger partial charge in [-0.1, -0.05) is 0 Å². The van der Waals surface area contributed by atoms with Crippen LogP contribution in [0.1, 0.15) is 29.5 Å². The number of carboxylic acid groups (broad SMARTS) is 1. The molecular formula is C14H19NO2S. The van der Waals surface area contributed by atoms with Crippen LogP contribution in [0, 0.1) is 5.92 Å². The Morgan fingerprint density at radius 1 is 1.61 bits per heavy atom. The number of carboxylic acids is 1. The summed E-state index contributed by atoms with van der Waals surface area (Å²) in [7, 11) is 2.16. The van der Waals surface area contributed by atoms with Gasteiger partial charge in [0.2, 0.25) is 0 Å². The lowest BCUT2D eigenvalue weighted by Crippen LogP contribution is -2.29. The third-order valence-corrected chi connectivity index (χ3v) is 4.51. The predicted molar refractivity (Wildman–Crippen MR) is 74.6 cm³/mol. The minimum absolute atomic E-state index is 0.644. The highest BCUT2D eigenvalue weighted by molar-refractivity contribution is 7.12. The first-order chi connectivity index (χ1) is 8.56. The van der Waals surface area contributed by atoms with Crippen molar-refractivity contribution in [2.75, 3.05) is 7.05 Å². The smallest absolute Gasteiger partial charge is 0.328 e. The van der Waals surface area contributed by atoms with E-state index < -0.39 is 5.97 Å². The Hall–Kier alpha value is -1.13. The van der Waals surface area contributed by atoms with Gasteiger partial charge in [0.05, 0.1) is 0 Å². The van der Waals surface area contributed by atoms with Crippen LogP contribution < -0.4 is 0 Å². The Morgan fingerprint density at radius 2 is 2.33 bits per heavy atom. The van der Waals surface area contributed by atoms with E-state index in [-0.39, 0.29) is 0 Å². The van der Waals surface area contributed by atoms with Crippen LogP contribution in [0.25, 0.3) is 6.08 Å². The summed E-state index contributed by atoms with van der Waals surface area (Å²) in [6.45, 7) is 3.24. The monoisotopic (exact) mass is 265 g/mol. The summed E-state index contributed by atoms with van der Waals surface area (Å²) in [6, 6.07) is 4.71. The van der Waals surface area contributed by atoms with Crippen LogP contribution in [0.15, 0.2) is 18.2 Å². The van der Waals surface area contributed by atoms with Crippen LogP contribution in [0.2, 0.25) is 0 Å². The van der Waals surface area contributed by atoms with Gasteiger partial charge in [-0.25, -0.2) is 4.79 Å². The summed E-state index contributed by atoms with van der Waals surface area (Å²) in [5.41, 5.74) is 0. The van der Waals surface area contributed by atoms with Crippen molar-refractivity contribution in [1.82, 2.24) is 4.90 Å². The van der Waals surface area contributed by atoms with E-state index in [0.29, 0.717) is 6.04 Å². The molecule has 1 unspecified atom stereocenters. The average molecular weight is 265 g/mol. The first-order valence-electron chi connectivity index (χ1n) is 6.26. The zero-order valence-electron chi connectivity index (χ0n) is 10.8. The Labute approximate surface area is 112 Å². The fourth-order valence-electron chi connectivity index (χ4n) is 2.05. The molecule has 4 heteroatoms. The third-order valence-electron chi connectivity index (χ3n) is 3.48. The summed E-state index contributed by atoms with van der Waals surface area (Å²) in [4.78, 5) is 15.1. The van der Waals surface area contributed by atoms with Gasteiger partial charge < -0.3 is 5.11 Å². The van der Waals surface area contributed by atoms with E-state index in [1.54, 1.807) is 17.4 Å². The molecule has 1 saturated carbocycles. The molecule has 0 aromatic carbocycles. The third kappa shape index (κ3) is 3.68. The maximum Gasteiger partial charge on any atom is 0.328 e. The number of carbonyl (C=O) groups is 1. The van der Waals surface area contributed by atoms with E-state index in [4.69, 9.17) is 5.11 Å². The van der Waals surface area contributed by atoms with E-state index in [9.17, 15) is 4.79 Å². The van der Waals surface area contributed by atoms with Gasteiger partial charge in [0.1, 0.15) is 0 Å². The lowest BCUT2D eigenvalue weighted by molar-refractivity contribution is -0.131. The van der Waals surface area contributed by atoms with Crippen molar-refractivity contribution >= 4 is 23.4 Å². The van der Waals surface area contributed by atoms with Gasteiger partial charge in [-0.3, -0.25) is 4.90 Å². The van der Waals surface area contributed by atoms with Crippen molar-refractivity contribution in [3.05, 3.63) is 28.0 Å². The summed E-state index contributed by atoms with van der Waals surface area (Å²) in [5, 5.41) is 8.58. The number of rotatable bonds is 6. The number of thiophene rings is 1. The highest BCUT2D eigenvalue weighted by atomic mass is 32.1. The molecule has 1 fully saturated rings. The molecule has 1 atom stereocenters. The fourth-order valence-corrected chi connectivity index (χ4v) is 3.03. The van der Waals surface area contributed by atoms with E-state index >= 15 is 0 Å². The van der Waals surface area contributed by atoms with Crippen molar-refractivity contribution in [2.45, 2.75) is 32.4 Å². The molecule has 1 N–H and O–H groups in total. The van der Waals surface area contributed by atoms with Crippen molar-refractivity contribution in [1.29, 1.82) is 0 Å². The molecule has 1 aromatic rings. The Balaban J connectivity index is 1.91. The fraction of sp³-hybridized carbons (Fsp3) is 0.500. The maximum atomic E-state index is 10.4. The van der Waals surface area contributed by atoms with Crippen LogP contribution in [0.4, 0.5) is 0 Å². The molecule has 1 aromatic heterocycles. The van der Waals surface area contributed by atoms with Crippen LogP contribution in [0.5, 0.6) is 0 Å². The van der Waals surface area contributed by atoms with Crippen molar-refractivity contribution in [3.8, 4) is 0 Å². The standard InChI is InChI=1S/C14H19NO2S/c1-10(11-3-4-11)15(2)9-13-6-5-12(18-13)7-8-14(16)17/h5-8,10-11H,3-4,9H2,1-2H3,(H,16,17). The number of aliphatic carboxylic acids is 1. The maximum absolute atomic E-state index is 10.4. The molecule has 0 saturated heterocycles. The van der Waals surface area contributed by atoms with Crippen LogP contribution in [0.3, 0.4) is 0 Å². The van der Waals surface area contributed by atoms with Gasteiger partial charge in [-0.2, -0.15) is 0 Å². The highest BCUT2D eigenvalue weighted by Gasteiger charge is 2.30. The van der Waals surface area contributed by atoms with E-state index in [1.165, 1.54) is 23.8 Å². The van der Waals surface area contributed by atoms with E-state index in [1.807, 2.05) is 6.07 Å². The molecule has 0 radical (unpaired) electrons. The average Bonchev–Trinajstić information content (AvgIpc) is 3.07. The van der Waals surface area contributed by atoms with Gasteiger partial charge in [-0.05, 0) is 50.9 Å². The predicted octanol–water partition coefficient (Wildman–Crippen LogP) is 3.08. The lowest BCUT2D eigenvalue weighted by atomic mass is 10.2. The molecule has 0 bridgehead atoms. The first-order valence-corrected chi connectivity index (χ1v) is 7.08. The summed E-state index contributed by atoms with van der Waals surface area (Å²) in [5.74, 6) is -0.0224. The molecule has 18 heavy (non-hydrogen) atoms. The quantitative estimate of drug-likeness (QED) is 0.804. The number of hydrogen-bond donors (Lipinski definition) is 1. The van der Waals surface area contributed by atoms with Crippen molar-refractivity contribution in [2.24, 2.45) is 5.92 Å². The molecule has 1 aliphatic carbocycles. The Kier molecular flexibility index (Phi) is 4.19. The molecule has 1 aliphatic rings. The SMILES string of the molecule is CC(C1CC1)N(C)Cc1ccc(C=CC(=O)O)s1. The van der Waals surface area contributed by atoms with Crippen molar-refractivity contribution in [3.63, 3.8) is 0 Å². The minimum atomic E-state index is -0.899. The number of hydrogen-bond acceptors (Lipinski definition) is 3. The van der Waals surface area contributed by atoms with E-state index in [2.05, 4.69) is 24.9 Å². The molecule has 0 spiro atoms. The van der Waals surface area contributed by atoms with Gasteiger partial charge in [-0.15, -0.1) is 11.3 Å². The highest BCUT2D eigenvalue weighted by Crippen LogP contribution is 2.35. The zero-order valence-corrected chi connectivity index (χ0v) is 11.6. The van der Waals surface area contributed by atoms with E-state index in [0.717, 1.165) is 17.3 Å². The molecule has 98 valence electrons. The van der Waals surface area contributed by atoms with Crippen LogP contribution >= 0.6 is 11.3 Å².